The van der Waals surface area contributed by atoms with Gasteiger partial charge in [0.1, 0.15) is 5.82 Å². The van der Waals surface area contributed by atoms with Gasteiger partial charge < -0.3 is 19.7 Å². The van der Waals surface area contributed by atoms with Crippen molar-refractivity contribution >= 4 is 17.4 Å². The molecule has 4 rings (SSSR count). The van der Waals surface area contributed by atoms with Crippen molar-refractivity contribution in [3.05, 3.63) is 41.7 Å². The Morgan fingerprint density at radius 3 is 2.50 bits per heavy atom. The number of fused-ring (bicyclic) bond motifs is 1. The van der Waals surface area contributed by atoms with Crippen molar-refractivity contribution < 1.29 is 27.4 Å². The van der Waals surface area contributed by atoms with Gasteiger partial charge in [-0.3, -0.25) is 4.79 Å². The van der Waals surface area contributed by atoms with E-state index in [4.69, 9.17) is 9.47 Å². The fourth-order valence-corrected chi connectivity index (χ4v) is 4.01. The average molecular weight is 478 g/mol. The number of alkyl halides is 3. The number of amides is 1. The number of carbonyl (C=O) groups is 1. The van der Waals surface area contributed by atoms with Crippen LogP contribution in [0.15, 0.2) is 30.3 Å². The van der Waals surface area contributed by atoms with E-state index in [2.05, 4.69) is 20.6 Å². The molecule has 34 heavy (non-hydrogen) atoms. The number of halogens is 3. The summed E-state index contributed by atoms with van der Waals surface area (Å²) in [6, 6.07) is 8.71. The predicted molar refractivity (Wildman–Crippen MR) is 117 cm³/mol. The summed E-state index contributed by atoms with van der Waals surface area (Å²) in [5.74, 6) is 0.333. The third kappa shape index (κ3) is 5.00. The highest BCUT2D eigenvalue weighted by Crippen LogP contribution is 2.29. The number of piperidine rings is 1. The van der Waals surface area contributed by atoms with E-state index in [9.17, 15) is 18.0 Å². The van der Waals surface area contributed by atoms with Gasteiger partial charge in [0.25, 0.3) is 5.82 Å². The van der Waals surface area contributed by atoms with E-state index < -0.39 is 12.0 Å². The molecule has 0 saturated carbocycles. The first kappa shape index (κ1) is 23.6. The zero-order valence-electron chi connectivity index (χ0n) is 18.8. The summed E-state index contributed by atoms with van der Waals surface area (Å²) in [5, 5.41) is 13.8. The van der Waals surface area contributed by atoms with Crippen molar-refractivity contribution in [1.82, 2.24) is 25.1 Å². The predicted octanol–water partition coefficient (Wildman–Crippen LogP) is 2.74. The second-order valence-corrected chi connectivity index (χ2v) is 7.97. The second-order valence-electron chi connectivity index (χ2n) is 7.97. The van der Waals surface area contributed by atoms with Gasteiger partial charge in [0.05, 0.1) is 14.2 Å². The zero-order valence-corrected chi connectivity index (χ0v) is 18.8. The van der Waals surface area contributed by atoms with Crippen LogP contribution in [0.1, 0.15) is 24.2 Å². The smallest absolute Gasteiger partial charge is 0.453 e. The second kappa shape index (κ2) is 9.74. The van der Waals surface area contributed by atoms with Crippen molar-refractivity contribution in [1.29, 1.82) is 0 Å². The van der Waals surface area contributed by atoms with Crippen LogP contribution in [-0.4, -0.2) is 59.6 Å². The Kier molecular flexibility index (Phi) is 6.75. The molecule has 0 atom stereocenters. The Bertz CT molecular complexity index is 1160. The van der Waals surface area contributed by atoms with Crippen LogP contribution >= 0.6 is 0 Å². The minimum Gasteiger partial charge on any atom is -0.493 e. The number of carbonyl (C=O) groups excluding carboxylic acids is 1. The lowest BCUT2D eigenvalue weighted by Gasteiger charge is -2.32. The lowest BCUT2D eigenvalue weighted by molar-refractivity contribution is -0.146. The molecule has 0 unspecified atom stereocenters. The third-order valence-corrected chi connectivity index (χ3v) is 5.85. The molecule has 0 radical (unpaired) electrons. The summed E-state index contributed by atoms with van der Waals surface area (Å²) in [7, 11) is 3.15. The van der Waals surface area contributed by atoms with Crippen molar-refractivity contribution in [3.63, 3.8) is 0 Å². The first-order valence-electron chi connectivity index (χ1n) is 10.8. The quantitative estimate of drug-likeness (QED) is 0.558. The van der Waals surface area contributed by atoms with E-state index in [0.29, 0.717) is 60.7 Å². The molecule has 1 amide bonds. The van der Waals surface area contributed by atoms with Gasteiger partial charge in [-0.05, 0) is 49.1 Å². The minimum absolute atomic E-state index is 0.0262. The summed E-state index contributed by atoms with van der Waals surface area (Å²) in [6.45, 7) is 1.51. The highest BCUT2D eigenvalue weighted by atomic mass is 19.4. The molecule has 182 valence electrons. The van der Waals surface area contributed by atoms with Gasteiger partial charge in [-0.2, -0.15) is 17.7 Å². The molecular weight excluding hydrogens is 453 g/mol. The standard InChI is InChI=1S/C22H25F3N6O3/c1-33-16-4-3-14(13-17(16)34-2)7-10-26-20(32)15-8-11-30(12-9-15)19-6-5-18-27-28-21(22(23,24)25)31(18)29-19/h3-6,13,15H,7-12H2,1-2H3,(H,26,32). The topological polar surface area (TPSA) is 93.9 Å². The van der Waals surface area contributed by atoms with Gasteiger partial charge >= 0.3 is 6.18 Å². The number of nitrogens with zero attached hydrogens (tertiary/aromatic N) is 5. The Hall–Kier alpha value is -3.57. The lowest BCUT2D eigenvalue weighted by atomic mass is 9.96. The number of aromatic nitrogens is 4. The fraction of sp³-hybridized carbons (Fsp3) is 0.455. The number of rotatable bonds is 7. The summed E-state index contributed by atoms with van der Waals surface area (Å²) >= 11 is 0. The maximum atomic E-state index is 13.1. The largest absolute Gasteiger partial charge is 0.493 e. The number of hydrogen-bond acceptors (Lipinski definition) is 7. The van der Waals surface area contributed by atoms with E-state index in [-0.39, 0.29) is 17.5 Å². The van der Waals surface area contributed by atoms with Crippen LogP contribution < -0.4 is 19.7 Å². The molecule has 1 aromatic carbocycles. The number of ether oxygens (including phenoxy) is 2. The first-order chi connectivity index (χ1) is 16.3. The van der Waals surface area contributed by atoms with Crippen LogP contribution in [0.3, 0.4) is 0 Å². The van der Waals surface area contributed by atoms with Gasteiger partial charge in [-0.25, -0.2) is 0 Å². The number of nitrogens with one attached hydrogen (secondary N) is 1. The van der Waals surface area contributed by atoms with E-state index >= 15 is 0 Å². The van der Waals surface area contributed by atoms with Gasteiger partial charge in [-0.1, -0.05) is 6.07 Å². The highest BCUT2D eigenvalue weighted by molar-refractivity contribution is 5.79. The molecule has 12 heteroatoms. The number of hydrogen-bond donors (Lipinski definition) is 1. The Morgan fingerprint density at radius 2 is 1.82 bits per heavy atom. The van der Waals surface area contributed by atoms with Gasteiger partial charge in [-0.15, -0.1) is 15.3 Å². The Morgan fingerprint density at radius 1 is 1.09 bits per heavy atom. The molecule has 1 fully saturated rings. The Labute approximate surface area is 193 Å². The van der Waals surface area contributed by atoms with Crippen LogP contribution in [0.25, 0.3) is 5.65 Å². The molecule has 2 aromatic heterocycles. The first-order valence-corrected chi connectivity index (χ1v) is 10.8. The maximum Gasteiger partial charge on any atom is 0.453 e. The molecule has 0 aliphatic carbocycles. The molecular formula is C22H25F3N6O3. The van der Waals surface area contributed by atoms with Crippen LogP contribution in [0.4, 0.5) is 19.0 Å². The molecule has 3 heterocycles. The Balaban J connectivity index is 1.30. The summed E-state index contributed by atoms with van der Waals surface area (Å²) < 4.78 is 50.6. The molecule has 0 bridgehead atoms. The van der Waals surface area contributed by atoms with Crippen molar-refractivity contribution in [2.24, 2.45) is 5.92 Å². The van der Waals surface area contributed by atoms with Crippen molar-refractivity contribution in [2.75, 3.05) is 38.8 Å². The van der Waals surface area contributed by atoms with Gasteiger partial charge in [0.15, 0.2) is 17.1 Å². The van der Waals surface area contributed by atoms with Crippen molar-refractivity contribution in [3.8, 4) is 11.5 Å². The summed E-state index contributed by atoms with van der Waals surface area (Å²) in [5.41, 5.74) is 1.04. The molecule has 1 N–H and O–H groups in total. The molecule has 9 nitrogen and oxygen atoms in total. The normalized spacial score (nSPS) is 14.9. The minimum atomic E-state index is -4.65. The lowest BCUT2D eigenvalue weighted by Crippen LogP contribution is -2.41. The molecule has 0 spiro atoms. The summed E-state index contributed by atoms with van der Waals surface area (Å²) in [4.78, 5) is 14.5. The SMILES string of the molecule is COc1ccc(CCNC(=O)C2CCN(c3ccc4nnc(C(F)(F)F)n4n3)CC2)cc1OC. The van der Waals surface area contributed by atoms with Crippen LogP contribution in [0.5, 0.6) is 11.5 Å². The van der Waals surface area contributed by atoms with E-state index in [1.807, 2.05) is 23.1 Å². The van der Waals surface area contributed by atoms with Gasteiger partial charge in [0, 0.05) is 25.6 Å². The molecule has 1 aliphatic heterocycles. The number of benzene rings is 1. The van der Waals surface area contributed by atoms with Crippen molar-refractivity contribution in [2.45, 2.75) is 25.4 Å². The van der Waals surface area contributed by atoms with Crippen LogP contribution in [-0.2, 0) is 17.4 Å². The van der Waals surface area contributed by atoms with Crippen LogP contribution in [0, 0.1) is 5.92 Å². The number of anilines is 1. The third-order valence-electron chi connectivity index (χ3n) is 5.85. The molecule has 1 aliphatic rings. The van der Waals surface area contributed by atoms with E-state index in [1.165, 1.54) is 6.07 Å². The van der Waals surface area contributed by atoms with E-state index in [0.717, 1.165) is 5.56 Å². The zero-order chi connectivity index (χ0) is 24.3. The fourth-order valence-electron chi connectivity index (χ4n) is 4.01. The highest BCUT2D eigenvalue weighted by Gasteiger charge is 2.38. The molecule has 1 saturated heterocycles. The van der Waals surface area contributed by atoms with Gasteiger partial charge in [0.2, 0.25) is 5.91 Å². The number of methoxy groups -OCH3 is 2. The average Bonchev–Trinajstić information content (AvgIpc) is 3.28. The maximum absolute atomic E-state index is 13.1. The summed E-state index contributed by atoms with van der Waals surface area (Å²) in [6.07, 6.45) is -2.84. The molecule has 3 aromatic rings. The van der Waals surface area contributed by atoms with E-state index in [1.54, 1.807) is 20.3 Å². The van der Waals surface area contributed by atoms with Crippen LogP contribution in [0.2, 0.25) is 0 Å². The monoisotopic (exact) mass is 478 g/mol.